The predicted molar refractivity (Wildman–Crippen MR) is 73.6 cm³/mol. The van der Waals surface area contributed by atoms with Gasteiger partial charge in [-0.15, -0.1) is 62.0 Å². The average molecular weight is 374 g/mol. The molecule has 0 bridgehead atoms. The van der Waals surface area contributed by atoms with Gasteiger partial charge in [0.2, 0.25) is 7.42 Å². The van der Waals surface area contributed by atoms with Gasteiger partial charge in [0.1, 0.15) is 0 Å². The van der Waals surface area contributed by atoms with Crippen LogP contribution in [0.2, 0.25) is 4.79 Å². The van der Waals surface area contributed by atoms with E-state index < -0.39 is 24.9 Å². The van der Waals surface area contributed by atoms with E-state index in [0.717, 1.165) is 0 Å². The molecule has 0 radical (unpaired) electrons. The van der Waals surface area contributed by atoms with E-state index in [4.69, 9.17) is 77.6 Å². The number of halogens is 7. The lowest BCUT2D eigenvalue weighted by atomic mass is 11.3. The van der Waals surface area contributed by atoms with Gasteiger partial charge in [-0.1, -0.05) is 5.70 Å². The van der Waals surface area contributed by atoms with Gasteiger partial charge in [-0.25, -0.2) is 0 Å². The molecule has 78 valence electrons. The van der Waals surface area contributed by atoms with Crippen molar-refractivity contribution in [2.75, 3.05) is 0 Å². The van der Waals surface area contributed by atoms with Crippen molar-refractivity contribution < 1.29 is 0 Å². The van der Waals surface area contributed by atoms with Crippen molar-refractivity contribution in [1.82, 2.24) is 0 Å². The van der Waals surface area contributed by atoms with Crippen LogP contribution in [0.4, 0.5) is 0 Å². The summed E-state index contributed by atoms with van der Waals surface area (Å²) in [5, 5.41) is 0. The van der Waals surface area contributed by atoms with Gasteiger partial charge >= 0.3 is 6.00 Å². The second kappa shape index (κ2) is 5.66. The molecular formula is C3H5Cl7Si3. The molecule has 0 aromatic carbocycles. The fourth-order valence-electron chi connectivity index (χ4n) is 0.656. The highest BCUT2D eigenvalue weighted by Crippen LogP contribution is 2.47. The molecule has 0 aliphatic heterocycles. The van der Waals surface area contributed by atoms with Crippen LogP contribution in [0.3, 0.4) is 0 Å². The van der Waals surface area contributed by atoms with Crippen molar-refractivity contribution in [2.24, 2.45) is 0 Å². The molecule has 10 heteroatoms. The quantitative estimate of drug-likeness (QED) is 0.505. The van der Waals surface area contributed by atoms with Crippen LogP contribution in [-0.4, -0.2) is 20.1 Å². The van der Waals surface area contributed by atoms with E-state index in [0.29, 0.717) is 0 Å². The van der Waals surface area contributed by atoms with E-state index in [1.807, 2.05) is 0 Å². The minimum Gasteiger partial charge on any atom is -0.150 e. The first-order valence-electron chi connectivity index (χ1n) is 2.99. The summed E-state index contributed by atoms with van der Waals surface area (Å²) in [5.41, 5.74) is 1.42. The van der Waals surface area contributed by atoms with Crippen LogP contribution >= 0.6 is 77.6 Å². The smallest absolute Gasteiger partial charge is 0.150 e. The molecule has 0 fully saturated rings. The minimum absolute atomic E-state index is 0.547. The van der Waals surface area contributed by atoms with Crippen molar-refractivity contribution in [1.29, 1.82) is 0 Å². The normalized spacial score (nSPS) is 16.0. The second-order valence-electron chi connectivity index (χ2n) is 2.23. The van der Waals surface area contributed by atoms with Gasteiger partial charge in [0.25, 0.3) is 6.69 Å². The summed E-state index contributed by atoms with van der Waals surface area (Å²) in [6.07, 6.45) is 0. The zero-order valence-corrected chi connectivity index (χ0v) is 14.5. The van der Waals surface area contributed by atoms with Gasteiger partial charge in [0, 0.05) is 4.79 Å². The third-order valence-corrected chi connectivity index (χ3v) is 26.0. The summed E-state index contributed by atoms with van der Waals surface area (Å²) in [4.78, 5) is -0.547. The first-order chi connectivity index (χ1) is 5.63. The van der Waals surface area contributed by atoms with Gasteiger partial charge in [-0.3, -0.25) is 0 Å². The van der Waals surface area contributed by atoms with Gasteiger partial charge < -0.3 is 0 Å². The lowest BCUT2D eigenvalue weighted by Crippen LogP contribution is -2.43. The highest BCUT2D eigenvalue weighted by molar-refractivity contribution is 7.75. The van der Waals surface area contributed by atoms with Crippen molar-refractivity contribution >= 4 is 97.7 Å². The fraction of sp³-hybridized carbons (Fsp3) is 0.333. The Balaban J connectivity index is 4.93. The van der Waals surface area contributed by atoms with Crippen LogP contribution in [0.15, 0.2) is 12.3 Å². The molecule has 0 saturated heterocycles. The summed E-state index contributed by atoms with van der Waals surface area (Å²) in [6.45, 7) is 0.665. The SMILES string of the molecule is C=C[Si](Cl)(Cl)C([SiH](Cl)Cl)[Si](Cl)(Cl)Cl. The van der Waals surface area contributed by atoms with Crippen LogP contribution in [-0.2, 0) is 0 Å². The molecule has 1 unspecified atom stereocenters. The average Bonchev–Trinajstić information content (AvgIpc) is 1.82. The van der Waals surface area contributed by atoms with Gasteiger partial charge in [0.15, 0.2) is 0 Å². The summed E-state index contributed by atoms with van der Waals surface area (Å²) < 4.78 is 0. The minimum atomic E-state index is -3.07. The Labute approximate surface area is 114 Å². The van der Waals surface area contributed by atoms with Gasteiger partial charge in [-0.05, 0) is 0 Å². The van der Waals surface area contributed by atoms with Crippen molar-refractivity contribution in [3.05, 3.63) is 12.3 Å². The molecule has 0 N–H and O–H groups in total. The Bertz CT molecular complexity index is 186. The summed E-state index contributed by atoms with van der Waals surface area (Å²) >= 11 is 41.0. The summed E-state index contributed by atoms with van der Waals surface area (Å²) in [5.74, 6) is 0. The molecule has 0 heterocycles. The van der Waals surface area contributed by atoms with E-state index >= 15 is 0 Å². The highest BCUT2D eigenvalue weighted by Gasteiger charge is 2.54. The first kappa shape index (κ1) is 15.4. The first-order valence-corrected chi connectivity index (χ1v) is 16.4. The molecule has 1 atom stereocenters. The molecule has 0 aromatic heterocycles. The van der Waals surface area contributed by atoms with Crippen molar-refractivity contribution in [3.63, 3.8) is 0 Å². The van der Waals surface area contributed by atoms with E-state index in [1.165, 1.54) is 5.70 Å². The molecule has 0 amide bonds. The summed E-state index contributed by atoms with van der Waals surface area (Å²) in [6, 6.07) is -3.07. The van der Waals surface area contributed by atoms with Crippen LogP contribution in [0.25, 0.3) is 0 Å². The van der Waals surface area contributed by atoms with Crippen molar-refractivity contribution in [3.8, 4) is 0 Å². The van der Waals surface area contributed by atoms with E-state index in [2.05, 4.69) is 6.58 Å². The molecular weight excluding hydrogens is 368 g/mol. The van der Waals surface area contributed by atoms with E-state index in [9.17, 15) is 0 Å². The lowest BCUT2D eigenvalue weighted by Gasteiger charge is -2.28. The maximum atomic E-state index is 6.00. The summed E-state index contributed by atoms with van der Waals surface area (Å²) in [7, 11) is -2.22. The maximum Gasteiger partial charge on any atom is 0.344 e. The van der Waals surface area contributed by atoms with Gasteiger partial charge in [-0.2, -0.15) is 22.2 Å². The third kappa shape index (κ3) is 4.85. The molecule has 0 rings (SSSR count). The highest BCUT2D eigenvalue weighted by atomic mass is 35.8. The Morgan fingerprint density at radius 2 is 1.46 bits per heavy atom. The topological polar surface area (TPSA) is 0 Å². The fourth-order valence-corrected chi connectivity index (χ4v) is 35.0. The van der Waals surface area contributed by atoms with Crippen molar-refractivity contribution in [2.45, 2.75) is 4.79 Å². The second-order valence-corrected chi connectivity index (χ2v) is 24.5. The van der Waals surface area contributed by atoms with Crippen LogP contribution < -0.4 is 0 Å². The Morgan fingerprint density at radius 3 is 1.54 bits per heavy atom. The number of rotatable bonds is 4. The predicted octanol–water partition coefficient (Wildman–Crippen LogP) is 4.43. The molecule has 0 aromatic rings. The van der Waals surface area contributed by atoms with E-state index in [-0.39, 0.29) is 0 Å². The Kier molecular flexibility index (Phi) is 6.71. The maximum absolute atomic E-state index is 6.00. The van der Waals surface area contributed by atoms with Crippen LogP contribution in [0, 0.1) is 0 Å². The Morgan fingerprint density at radius 1 is 1.08 bits per heavy atom. The number of hydrogen-bond acceptors (Lipinski definition) is 0. The standard InChI is InChI=1S/C3H5Cl7Si3/c1-2-12(6,7)3(11(4)5)13(8,9)10/h2-3,11H,1H2. The third-order valence-electron chi connectivity index (χ3n) is 1.29. The molecule has 13 heavy (non-hydrogen) atoms. The molecule has 0 aliphatic rings. The van der Waals surface area contributed by atoms with Crippen LogP contribution in [0.1, 0.15) is 0 Å². The molecule has 0 saturated carbocycles. The Hall–Kier alpha value is 2.42. The van der Waals surface area contributed by atoms with E-state index in [1.54, 1.807) is 0 Å². The monoisotopic (exact) mass is 370 g/mol. The van der Waals surface area contributed by atoms with Crippen LogP contribution in [0.5, 0.6) is 0 Å². The molecule has 0 aliphatic carbocycles. The van der Waals surface area contributed by atoms with Gasteiger partial charge in [0.05, 0.1) is 0 Å². The zero-order valence-electron chi connectivity index (χ0n) is 6.08. The number of hydrogen-bond donors (Lipinski definition) is 0. The molecule has 0 nitrogen and oxygen atoms in total. The largest absolute Gasteiger partial charge is 0.344 e. The zero-order chi connectivity index (χ0) is 10.9. The molecule has 0 spiro atoms. The lowest BCUT2D eigenvalue weighted by molar-refractivity contribution is 1.75.